The van der Waals surface area contributed by atoms with E-state index in [9.17, 15) is 0 Å². The number of aromatic nitrogens is 4. The smallest absolute Gasteiger partial charge is 0.657 e. The van der Waals surface area contributed by atoms with Crippen LogP contribution in [0, 0.1) is 0 Å². The Balaban J connectivity index is 0.00000387. The topological polar surface area (TPSA) is 54.0 Å². The molecule has 0 aromatic carbocycles. The zero-order chi connectivity index (χ0) is 28.6. The first-order valence-electron chi connectivity index (χ1n) is 15.6. The first kappa shape index (κ1) is 31.1. The van der Waals surface area contributed by atoms with Crippen LogP contribution in [0.15, 0.2) is 24.3 Å². The van der Waals surface area contributed by atoms with Crippen molar-refractivity contribution in [3.63, 3.8) is 0 Å². The van der Waals surface area contributed by atoms with Gasteiger partial charge in [0.2, 0.25) is 0 Å². The summed E-state index contributed by atoms with van der Waals surface area (Å²) in [5, 5.41) is 0. The van der Waals surface area contributed by atoms with Crippen molar-refractivity contribution < 1.29 is 17.1 Å². The van der Waals surface area contributed by atoms with Crippen LogP contribution in [0.1, 0.15) is 126 Å². The number of aryl methyl sites for hydroxylation is 4. The van der Waals surface area contributed by atoms with Crippen molar-refractivity contribution in [2.45, 2.75) is 107 Å². The molecule has 41 heavy (non-hydrogen) atoms. The van der Waals surface area contributed by atoms with E-state index in [4.69, 9.17) is 19.9 Å². The summed E-state index contributed by atoms with van der Waals surface area (Å²) >= 11 is 0. The Kier molecular flexibility index (Phi) is 9.82. The van der Waals surface area contributed by atoms with Gasteiger partial charge in [0.05, 0.1) is 22.8 Å². The normalized spacial score (nSPS) is 13.3. The fourth-order valence-corrected chi connectivity index (χ4v) is 6.92. The van der Waals surface area contributed by atoms with Crippen molar-refractivity contribution in [2.24, 2.45) is 0 Å². The van der Waals surface area contributed by atoms with Crippen LogP contribution in [0.3, 0.4) is 0 Å². The molecule has 5 heterocycles. The Hall–Kier alpha value is -2.88. The van der Waals surface area contributed by atoms with Crippen molar-refractivity contribution in [2.75, 3.05) is 0 Å². The molecule has 0 fully saturated rings. The predicted octanol–water partition coefficient (Wildman–Crippen LogP) is 9.28. The largest absolute Gasteiger partial charge is 3.00 e. The summed E-state index contributed by atoms with van der Waals surface area (Å²) in [5.41, 5.74) is 19.1. The number of allylic oxidation sites excluding steroid dienone is 4. The molecule has 0 amide bonds. The van der Waals surface area contributed by atoms with Crippen LogP contribution in [-0.2, 0) is 42.8 Å². The fourth-order valence-electron chi connectivity index (χ4n) is 6.92. The summed E-state index contributed by atoms with van der Waals surface area (Å²) in [6.45, 7) is 17.9. The van der Waals surface area contributed by atoms with Crippen LogP contribution in [0.4, 0.5) is 0 Å². The summed E-state index contributed by atoms with van der Waals surface area (Å²) in [6.07, 6.45) is 7.60. The maximum atomic E-state index is 5.25. The molecule has 3 aromatic heterocycles. The first-order chi connectivity index (χ1) is 19.5. The number of nitrogens with zero attached hydrogens (tertiary/aromatic N) is 4. The zero-order valence-corrected chi connectivity index (χ0v) is 27.2. The molecule has 0 unspecified atom stereocenters. The second-order valence-electron chi connectivity index (χ2n) is 10.8. The van der Waals surface area contributed by atoms with Gasteiger partial charge in [0.25, 0.3) is 0 Å². The second kappa shape index (κ2) is 13.0. The van der Waals surface area contributed by atoms with Crippen molar-refractivity contribution in [1.82, 2.24) is 19.9 Å². The van der Waals surface area contributed by atoms with E-state index in [-0.39, 0.29) is 17.1 Å². The van der Waals surface area contributed by atoms with E-state index in [1.807, 2.05) is 0 Å². The maximum absolute atomic E-state index is 5.25. The van der Waals surface area contributed by atoms with E-state index in [1.165, 1.54) is 44.5 Å². The Bertz CT molecular complexity index is 1440. The summed E-state index contributed by atoms with van der Waals surface area (Å²) in [4.78, 5) is 21.0. The molecule has 215 valence electrons. The van der Waals surface area contributed by atoms with Gasteiger partial charge in [-0.05, 0) is 73.7 Å². The van der Waals surface area contributed by atoms with Gasteiger partial charge in [0.15, 0.2) is 0 Å². The van der Waals surface area contributed by atoms with Crippen LogP contribution in [0.2, 0.25) is 0 Å². The molecule has 0 aliphatic carbocycles. The third-order valence-corrected chi connectivity index (χ3v) is 8.82. The predicted molar refractivity (Wildman–Crippen MR) is 171 cm³/mol. The molecular weight excluding hydrogens is 544 g/mol. The molecule has 0 N–H and O–H groups in total. The minimum absolute atomic E-state index is 0. The molecule has 0 atom stereocenters. The molecule has 8 bridgehead atoms. The van der Waals surface area contributed by atoms with Crippen molar-refractivity contribution in [3.8, 4) is 0 Å². The van der Waals surface area contributed by atoms with Crippen LogP contribution < -0.4 is 9.97 Å². The Labute approximate surface area is 256 Å². The minimum atomic E-state index is 0. The van der Waals surface area contributed by atoms with Gasteiger partial charge in [-0.15, -0.1) is 22.1 Å². The molecule has 0 saturated heterocycles. The fraction of sp³-hybridized carbons (Fsp3) is 0.444. The van der Waals surface area contributed by atoms with Gasteiger partial charge in [-0.3, -0.25) is 0 Å². The third kappa shape index (κ3) is 5.28. The van der Waals surface area contributed by atoms with E-state index < -0.39 is 0 Å². The number of rotatable bonds is 8. The second-order valence-corrected chi connectivity index (χ2v) is 10.8. The monoisotopic (exact) mass is 588 g/mol. The quantitative estimate of drug-likeness (QED) is 0.246. The van der Waals surface area contributed by atoms with E-state index in [0.29, 0.717) is 0 Å². The van der Waals surface area contributed by atoms with Gasteiger partial charge < -0.3 is 9.97 Å². The summed E-state index contributed by atoms with van der Waals surface area (Å²) < 4.78 is 0. The van der Waals surface area contributed by atoms with Gasteiger partial charge in [0.1, 0.15) is 0 Å². The molecule has 3 aromatic rings. The molecule has 5 heteroatoms. The molecule has 4 nitrogen and oxygen atoms in total. The molecule has 5 rings (SSSR count). The van der Waals surface area contributed by atoms with E-state index in [0.717, 1.165) is 96.2 Å². The number of hydrogen-bond donors (Lipinski definition) is 0. The van der Waals surface area contributed by atoms with Crippen LogP contribution >= 0.6 is 0 Å². The average Bonchev–Trinajstić information content (AvgIpc) is 3.67. The molecule has 0 spiro atoms. The Morgan fingerprint density at radius 3 is 0.780 bits per heavy atom. The van der Waals surface area contributed by atoms with Crippen LogP contribution in [-0.4, -0.2) is 9.97 Å². The van der Waals surface area contributed by atoms with E-state index in [2.05, 4.69) is 79.7 Å². The maximum Gasteiger partial charge on any atom is 3.00 e. The van der Waals surface area contributed by atoms with Crippen molar-refractivity contribution in [1.29, 1.82) is 0 Å². The number of hydrogen-bond acceptors (Lipinski definition) is 2. The van der Waals surface area contributed by atoms with Gasteiger partial charge >= 0.3 is 17.1 Å². The Morgan fingerprint density at radius 2 is 0.610 bits per heavy atom. The van der Waals surface area contributed by atoms with Crippen molar-refractivity contribution in [3.05, 3.63) is 69.3 Å². The van der Waals surface area contributed by atoms with Gasteiger partial charge in [-0.2, -0.15) is 0 Å². The summed E-state index contributed by atoms with van der Waals surface area (Å²) in [6, 6.07) is 8.98. The molecule has 0 saturated carbocycles. The van der Waals surface area contributed by atoms with Crippen LogP contribution in [0.25, 0.3) is 44.4 Å². The first-order valence-corrected chi connectivity index (χ1v) is 15.6. The van der Waals surface area contributed by atoms with E-state index in [1.54, 1.807) is 0 Å². The van der Waals surface area contributed by atoms with Crippen molar-refractivity contribution >= 4 is 44.4 Å². The molecule has 2 aliphatic rings. The summed E-state index contributed by atoms with van der Waals surface area (Å²) in [7, 11) is 0. The molecule has 2 aliphatic heterocycles. The SMILES string of the molecule is CCC1=C(CC)c2cc3[n-]c(cc4nc(cc5[n-]c(cc1n2)c(CC)c5CC)C(CC)=C4CC)c(CC)c3CC.[Fe+3]. The van der Waals surface area contributed by atoms with Gasteiger partial charge in [-0.1, -0.05) is 102 Å². The van der Waals surface area contributed by atoms with Gasteiger partial charge in [0, 0.05) is 0 Å². The number of fused-ring (bicyclic) bond motifs is 8. The standard InChI is InChI=1S/C36H44N4.Fe/c1-9-21-22(10-2)30-18-32-25(13-5)26(14-6)34(39-32)20-36-28(16-8)27(15-7)35(40-36)19-33-24(12-4)23(11-3)31(38-33)17-29(21)37-30;/h17-20H,9-16H2,1-8H3;/q-2;+3. The zero-order valence-electron chi connectivity index (χ0n) is 26.1. The third-order valence-electron chi connectivity index (χ3n) is 8.82. The average molecular weight is 589 g/mol. The Morgan fingerprint density at radius 1 is 0.390 bits per heavy atom. The minimum Gasteiger partial charge on any atom is -0.657 e. The van der Waals surface area contributed by atoms with E-state index >= 15 is 0 Å². The summed E-state index contributed by atoms with van der Waals surface area (Å²) in [5.74, 6) is 0. The van der Waals surface area contributed by atoms with Gasteiger partial charge in [-0.25, -0.2) is 9.97 Å². The molecular formula is C36H44FeN4+. The molecule has 1 radical (unpaired) electrons. The van der Waals surface area contributed by atoms with Crippen LogP contribution in [0.5, 0.6) is 0 Å².